The lowest BCUT2D eigenvalue weighted by Gasteiger charge is -2.10. The van der Waals surface area contributed by atoms with Gasteiger partial charge in [0.25, 0.3) is 0 Å². The number of hydrogen-bond donors (Lipinski definition) is 1. The Hall–Kier alpha value is -2.04. The van der Waals surface area contributed by atoms with Gasteiger partial charge in [-0.15, -0.1) is 0 Å². The van der Waals surface area contributed by atoms with Crippen LogP contribution in [0.3, 0.4) is 0 Å². The van der Waals surface area contributed by atoms with Gasteiger partial charge in [-0.1, -0.05) is 6.07 Å². The molecule has 1 aromatic carbocycles. The largest absolute Gasteiger partial charge is 0.369 e. The Kier molecular flexibility index (Phi) is 3.50. The Bertz CT molecular complexity index is 570. The fourth-order valence-corrected chi connectivity index (χ4v) is 1.66. The summed E-state index contributed by atoms with van der Waals surface area (Å²) >= 11 is 0. The number of halogens is 2. The van der Waals surface area contributed by atoms with E-state index in [1.54, 1.807) is 0 Å². The average molecular weight is 249 g/mol. The van der Waals surface area contributed by atoms with E-state index in [1.165, 1.54) is 31.5 Å². The van der Waals surface area contributed by atoms with E-state index in [9.17, 15) is 8.78 Å². The summed E-state index contributed by atoms with van der Waals surface area (Å²) in [6, 6.07) is 3.04. The molecule has 0 aliphatic rings. The number of benzene rings is 1. The van der Waals surface area contributed by atoms with Crippen LogP contribution in [0.25, 0.3) is 11.3 Å². The molecular weight excluding hydrogens is 236 g/mol. The Morgan fingerprint density at radius 1 is 1.11 bits per heavy atom. The first-order chi connectivity index (χ1) is 8.65. The zero-order chi connectivity index (χ0) is 13.1. The van der Waals surface area contributed by atoms with E-state index in [2.05, 4.69) is 15.3 Å². The zero-order valence-corrected chi connectivity index (χ0v) is 10.2. The van der Waals surface area contributed by atoms with Crippen molar-refractivity contribution in [3.05, 3.63) is 41.7 Å². The first-order valence-corrected chi connectivity index (χ1v) is 5.65. The number of hydrogen-bond acceptors (Lipinski definition) is 3. The van der Waals surface area contributed by atoms with Gasteiger partial charge in [-0.25, -0.2) is 13.8 Å². The van der Waals surface area contributed by atoms with E-state index < -0.39 is 11.6 Å². The number of nitrogens with zero attached hydrogens (tertiary/aromatic N) is 2. The van der Waals surface area contributed by atoms with Crippen LogP contribution in [0, 0.1) is 18.6 Å². The average Bonchev–Trinajstić information content (AvgIpc) is 2.38. The third kappa shape index (κ3) is 2.16. The molecule has 1 aromatic heterocycles. The van der Waals surface area contributed by atoms with Crippen molar-refractivity contribution < 1.29 is 8.78 Å². The fourth-order valence-electron chi connectivity index (χ4n) is 1.66. The summed E-state index contributed by atoms with van der Waals surface area (Å²) in [6.45, 7) is 4.04. The van der Waals surface area contributed by atoms with Crippen LogP contribution < -0.4 is 5.32 Å². The SMILES string of the molecule is CCNc1nccnc1-c1ccc(C)c(F)c1F. The first-order valence-electron chi connectivity index (χ1n) is 5.65. The third-order valence-electron chi connectivity index (χ3n) is 2.57. The lowest BCUT2D eigenvalue weighted by Crippen LogP contribution is -2.04. The Labute approximate surface area is 104 Å². The van der Waals surface area contributed by atoms with Crippen LogP contribution >= 0.6 is 0 Å². The van der Waals surface area contributed by atoms with Crippen molar-refractivity contribution in [3.63, 3.8) is 0 Å². The normalized spacial score (nSPS) is 10.4. The van der Waals surface area contributed by atoms with E-state index in [0.717, 1.165) is 0 Å². The van der Waals surface area contributed by atoms with Gasteiger partial charge in [0.15, 0.2) is 17.5 Å². The predicted molar refractivity (Wildman–Crippen MR) is 66.3 cm³/mol. The van der Waals surface area contributed by atoms with Gasteiger partial charge in [0.1, 0.15) is 5.69 Å². The zero-order valence-electron chi connectivity index (χ0n) is 10.2. The van der Waals surface area contributed by atoms with Gasteiger partial charge in [-0.05, 0) is 25.5 Å². The first kappa shape index (κ1) is 12.4. The number of rotatable bonds is 3. The van der Waals surface area contributed by atoms with Crippen LogP contribution in [-0.2, 0) is 0 Å². The van der Waals surface area contributed by atoms with Crippen LogP contribution in [0.2, 0.25) is 0 Å². The molecule has 0 aliphatic heterocycles. The maximum atomic E-state index is 13.9. The van der Waals surface area contributed by atoms with Crippen LogP contribution in [0.15, 0.2) is 24.5 Å². The van der Waals surface area contributed by atoms with Crippen molar-refractivity contribution in [3.8, 4) is 11.3 Å². The van der Waals surface area contributed by atoms with Crippen molar-refractivity contribution in [2.75, 3.05) is 11.9 Å². The summed E-state index contributed by atoms with van der Waals surface area (Å²) in [4.78, 5) is 8.14. The lowest BCUT2D eigenvalue weighted by molar-refractivity contribution is 0.505. The minimum absolute atomic E-state index is 0.113. The molecule has 0 radical (unpaired) electrons. The molecule has 3 nitrogen and oxygen atoms in total. The molecule has 0 saturated heterocycles. The van der Waals surface area contributed by atoms with Crippen LogP contribution in [0.1, 0.15) is 12.5 Å². The summed E-state index contributed by atoms with van der Waals surface area (Å²) in [7, 11) is 0. The molecule has 0 aliphatic carbocycles. The molecule has 1 heterocycles. The fraction of sp³-hybridized carbons (Fsp3) is 0.231. The van der Waals surface area contributed by atoms with Gasteiger partial charge >= 0.3 is 0 Å². The molecule has 0 atom stereocenters. The molecule has 0 unspecified atom stereocenters. The predicted octanol–water partition coefficient (Wildman–Crippen LogP) is 3.16. The maximum Gasteiger partial charge on any atom is 0.168 e. The van der Waals surface area contributed by atoms with Gasteiger partial charge < -0.3 is 5.32 Å². The molecule has 94 valence electrons. The van der Waals surface area contributed by atoms with Crippen molar-refractivity contribution in [2.45, 2.75) is 13.8 Å². The molecule has 0 saturated carbocycles. The molecule has 1 N–H and O–H groups in total. The molecular formula is C13H13F2N3. The van der Waals surface area contributed by atoms with E-state index in [0.29, 0.717) is 18.1 Å². The molecule has 0 fully saturated rings. The van der Waals surface area contributed by atoms with Gasteiger partial charge in [-0.2, -0.15) is 0 Å². The topological polar surface area (TPSA) is 37.8 Å². The maximum absolute atomic E-state index is 13.9. The quantitative estimate of drug-likeness (QED) is 0.908. The van der Waals surface area contributed by atoms with Crippen molar-refractivity contribution in [2.24, 2.45) is 0 Å². The van der Waals surface area contributed by atoms with Crippen LogP contribution in [-0.4, -0.2) is 16.5 Å². The third-order valence-corrected chi connectivity index (χ3v) is 2.57. The number of aryl methyl sites for hydroxylation is 1. The van der Waals surface area contributed by atoms with Crippen molar-refractivity contribution in [1.82, 2.24) is 9.97 Å². The summed E-state index contributed by atoms with van der Waals surface area (Å²) in [5.74, 6) is -1.29. The van der Waals surface area contributed by atoms with Gasteiger partial charge in [-0.3, -0.25) is 4.98 Å². The van der Waals surface area contributed by atoms with Crippen molar-refractivity contribution in [1.29, 1.82) is 0 Å². The summed E-state index contributed by atoms with van der Waals surface area (Å²) in [5, 5.41) is 2.97. The highest BCUT2D eigenvalue weighted by atomic mass is 19.2. The molecule has 18 heavy (non-hydrogen) atoms. The minimum atomic E-state index is -0.894. The van der Waals surface area contributed by atoms with E-state index in [1.807, 2.05) is 6.92 Å². The Balaban J connectivity index is 2.59. The monoisotopic (exact) mass is 249 g/mol. The molecule has 0 amide bonds. The van der Waals surface area contributed by atoms with Gasteiger partial charge in [0.2, 0.25) is 0 Å². The second-order valence-corrected chi connectivity index (χ2v) is 3.84. The number of anilines is 1. The lowest BCUT2D eigenvalue weighted by atomic mass is 10.1. The molecule has 5 heteroatoms. The molecule has 2 aromatic rings. The summed E-state index contributed by atoms with van der Waals surface area (Å²) in [5.41, 5.74) is 0.697. The summed E-state index contributed by atoms with van der Waals surface area (Å²) in [6.07, 6.45) is 2.96. The standard InChI is InChI=1S/C13H13F2N3/c1-3-16-13-12(17-6-7-18-13)9-5-4-8(2)10(14)11(9)15/h4-7H,3H2,1-2H3,(H,16,18). The highest BCUT2D eigenvalue weighted by molar-refractivity contribution is 5.71. The number of aromatic nitrogens is 2. The molecule has 0 bridgehead atoms. The smallest absolute Gasteiger partial charge is 0.168 e. The van der Waals surface area contributed by atoms with Gasteiger partial charge in [0, 0.05) is 24.5 Å². The second kappa shape index (κ2) is 5.08. The van der Waals surface area contributed by atoms with E-state index in [4.69, 9.17) is 0 Å². The summed E-state index contributed by atoms with van der Waals surface area (Å²) < 4.78 is 27.4. The highest BCUT2D eigenvalue weighted by Gasteiger charge is 2.16. The minimum Gasteiger partial charge on any atom is -0.369 e. The molecule has 2 rings (SSSR count). The van der Waals surface area contributed by atoms with E-state index in [-0.39, 0.29) is 11.1 Å². The highest BCUT2D eigenvalue weighted by Crippen LogP contribution is 2.28. The van der Waals surface area contributed by atoms with E-state index >= 15 is 0 Å². The number of nitrogens with one attached hydrogen (secondary N) is 1. The van der Waals surface area contributed by atoms with Crippen LogP contribution in [0.4, 0.5) is 14.6 Å². The molecule has 0 spiro atoms. The van der Waals surface area contributed by atoms with Crippen LogP contribution in [0.5, 0.6) is 0 Å². The van der Waals surface area contributed by atoms with Crippen molar-refractivity contribution >= 4 is 5.82 Å². The second-order valence-electron chi connectivity index (χ2n) is 3.84. The van der Waals surface area contributed by atoms with Gasteiger partial charge in [0.05, 0.1) is 0 Å². The Morgan fingerprint density at radius 3 is 2.56 bits per heavy atom. The Morgan fingerprint density at radius 2 is 1.83 bits per heavy atom.